The Bertz CT molecular complexity index is 3960. The number of imidazole rings is 2. The number of imide groups is 1. The van der Waals surface area contributed by atoms with Crippen LogP contribution in [-0.2, 0) is 46.9 Å². The van der Waals surface area contributed by atoms with Gasteiger partial charge in [-0.1, -0.05) is 93.0 Å². The molecular weight excluding hydrogens is 1010 g/mol. The lowest BCUT2D eigenvalue weighted by molar-refractivity contribution is -0.151. The van der Waals surface area contributed by atoms with Gasteiger partial charge in [0.15, 0.2) is 34.2 Å². The molecular formula is C53H42BrN7O12. The van der Waals surface area contributed by atoms with Gasteiger partial charge < -0.3 is 33.0 Å². The molecule has 2 aliphatic rings. The monoisotopic (exact) mass is 1050 g/mol. The Morgan fingerprint density at radius 3 is 1.79 bits per heavy atom. The molecule has 2 atom stereocenters. The van der Waals surface area contributed by atoms with Gasteiger partial charge in [-0.3, -0.25) is 24.3 Å². The fourth-order valence-electron chi connectivity index (χ4n) is 8.82. The third kappa shape index (κ3) is 8.60. The van der Waals surface area contributed by atoms with E-state index in [1.165, 1.54) is 16.1 Å². The summed E-state index contributed by atoms with van der Waals surface area (Å²) in [6, 6.07) is 40.1. The highest BCUT2D eigenvalue weighted by Crippen LogP contribution is 2.35. The van der Waals surface area contributed by atoms with Gasteiger partial charge in [0.05, 0.1) is 53.6 Å². The molecule has 0 radical (unpaired) electrons. The van der Waals surface area contributed by atoms with Gasteiger partial charge in [0.25, 0.3) is 5.91 Å². The van der Waals surface area contributed by atoms with E-state index in [0.29, 0.717) is 61.6 Å². The largest absolute Gasteiger partial charge is 0.497 e. The van der Waals surface area contributed by atoms with Crippen molar-refractivity contribution in [1.82, 2.24) is 34.3 Å². The minimum Gasteiger partial charge on any atom is -0.497 e. The van der Waals surface area contributed by atoms with Gasteiger partial charge >= 0.3 is 23.4 Å². The van der Waals surface area contributed by atoms with E-state index in [-0.39, 0.29) is 30.1 Å². The minimum atomic E-state index is -1.44. The second-order valence-electron chi connectivity index (χ2n) is 17.2. The molecule has 2 amide bonds. The number of alkyl halides is 1. The van der Waals surface area contributed by atoms with Crippen LogP contribution in [0.5, 0.6) is 11.5 Å². The molecule has 4 aromatic heterocycles. The third-order valence-corrected chi connectivity index (χ3v) is 13.4. The zero-order valence-corrected chi connectivity index (χ0v) is 40.9. The number of cyclic esters (lactones) is 2. The van der Waals surface area contributed by atoms with Crippen LogP contribution in [0.2, 0.25) is 0 Å². The van der Waals surface area contributed by atoms with Crippen LogP contribution in [0.1, 0.15) is 42.5 Å². The zero-order valence-electron chi connectivity index (χ0n) is 39.3. The highest BCUT2D eigenvalue weighted by Gasteiger charge is 2.47. The fourth-order valence-corrected chi connectivity index (χ4v) is 9.16. The maximum Gasteiger partial charge on any atom is 0.415 e. The van der Waals surface area contributed by atoms with Crippen molar-refractivity contribution in [2.24, 2.45) is 0 Å². The van der Waals surface area contributed by atoms with Crippen LogP contribution in [0.4, 0.5) is 4.79 Å². The number of aromatic amines is 1. The van der Waals surface area contributed by atoms with E-state index in [1.807, 2.05) is 91.0 Å². The standard InChI is InChI=1S/C26H20N4O6.C15H11N3O3.C12H11BrO3/c1-26(23(31)27-24(32)35-26)16-7-5-6-15(12-16)14-29-19-8-3-4-9-20(19)30(25(29)33)22-18-11-10-17(34-2)13-21(18)36-28-22;1-20-9-6-7-10-13(8-9)21-17-14(10)18-12-5-3-2-4-11(12)16-15(18)19;1-12(10(14)6-11(15)16-12)9-4-2-3-8(5-9)7-13/h3-13H,14H2,1-2H3,(H,27,31,32);2-8H,1H3,(H,16,19);2-5H,6-7H2,1H3/t26-;;12-/m1.1/s1. The second kappa shape index (κ2) is 18.9. The Kier molecular flexibility index (Phi) is 12.4. The van der Waals surface area contributed by atoms with Crippen molar-refractivity contribution in [3.8, 4) is 23.1 Å². The van der Waals surface area contributed by atoms with Crippen molar-refractivity contribution in [2.45, 2.75) is 43.3 Å². The Balaban J connectivity index is 0.000000139. The Labute approximate surface area is 420 Å². The van der Waals surface area contributed by atoms with E-state index in [9.17, 15) is 28.8 Å². The topological polar surface area (TPSA) is 234 Å². The van der Waals surface area contributed by atoms with Crippen molar-refractivity contribution in [1.29, 1.82) is 0 Å². The van der Waals surface area contributed by atoms with Crippen molar-refractivity contribution in [2.75, 3.05) is 14.2 Å². The summed E-state index contributed by atoms with van der Waals surface area (Å²) in [5, 5.41) is 12.5. The lowest BCUT2D eigenvalue weighted by Gasteiger charge is -2.21. The average molecular weight is 1050 g/mol. The summed E-state index contributed by atoms with van der Waals surface area (Å²) < 4.78 is 36.3. The summed E-state index contributed by atoms with van der Waals surface area (Å²) in [4.78, 5) is 75.6. The number of ketones is 1. The SMILES string of the molecule is COc1ccc2c(-n3c(=O)[nH]c4ccccc43)noc2c1.COc1ccc2c(-n3c(=O)n(Cc4cccc([C@@]5(C)OC(=O)NC5=O)c4)c4ccccc43)noc2c1.C[C@]1(c2cccc(CBr)c2)OC(=O)CC1=O. The van der Waals surface area contributed by atoms with Crippen molar-refractivity contribution in [3.63, 3.8) is 0 Å². The predicted octanol–water partition coefficient (Wildman–Crippen LogP) is 8.25. The lowest BCUT2D eigenvalue weighted by Crippen LogP contribution is -2.33. The molecule has 0 aliphatic carbocycles. The predicted molar refractivity (Wildman–Crippen MR) is 269 cm³/mol. The maximum absolute atomic E-state index is 13.7. The Morgan fingerprint density at radius 2 is 1.21 bits per heavy atom. The number of ether oxygens (including phenoxy) is 4. The molecule has 2 aliphatic heterocycles. The summed E-state index contributed by atoms with van der Waals surface area (Å²) in [5.74, 6) is 0.985. The first-order valence-corrected chi connectivity index (χ1v) is 23.7. The minimum absolute atomic E-state index is 0.130. The number of para-hydroxylation sites is 4. The van der Waals surface area contributed by atoms with Crippen LogP contribution in [0.3, 0.4) is 0 Å². The number of fused-ring (bicyclic) bond motifs is 4. The number of alkyl carbamates (subject to hydrolysis) is 1. The van der Waals surface area contributed by atoms with Crippen molar-refractivity contribution < 1.29 is 47.2 Å². The smallest absolute Gasteiger partial charge is 0.415 e. The van der Waals surface area contributed by atoms with Crippen LogP contribution >= 0.6 is 15.9 Å². The number of methoxy groups -OCH3 is 2. The van der Waals surface area contributed by atoms with E-state index < -0.39 is 29.2 Å². The molecule has 0 saturated carbocycles. The molecule has 6 heterocycles. The number of hydrogen-bond acceptors (Lipinski definition) is 14. The molecule has 0 bridgehead atoms. The summed E-state index contributed by atoms with van der Waals surface area (Å²) >= 11 is 3.35. The van der Waals surface area contributed by atoms with E-state index in [1.54, 1.807) is 68.2 Å². The Morgan fingerprint density at radius 1 is 0.630 bits per heavy atom. The molecule has 0 unspecified atom stereocenters. The molecule has 368 valence electrons. The summed E-state index contributed by atoms with van der Waals surface area (Å²) in [6.45, 7) is 3.40. The highest BCUT2D eigenvalue weighted by atomic mass is 79.9. The number of benzene rings is 6. The highest BCUT2D eigenvalue weighted by molar-refractivity contribution is 9.08. The van der Waals surface area contributed by atoms with Crippen molar-refractivity contribution in [3.05, 3.63) is 177 Å². The van der Waals surface area contributed by atoms with Gasteiger partial charge in [0, 0.05) is 28.6 Å². The maximum atomic E-state index is 13.7. The van der Waals surface area contributed by atoms with Crippen LogP contribution in [0.25, 0.3) is 55.6 Å². The molecule has 2 saturated heterocycles. The number of carbonyl (C=O) groups is 4. The van der Waals surface area contributed by atoms with E-state index >= 15 is 0 Å². The molecule has 20 heteroatoms. The number of rotatable bonds is 9. The van der Waals surface area contributed by atoms with Crippen molar-refractivity contribution >= 4 is 83.7 Å². The molecule has 2 fully saturated rings. The van der Waals surface area contributed by atoms with Gasteiger partial charge in [-0.25, -0.2) is 23.5 Å². The summed E-state index contributed by atoms with van der Waals surface area (Å²) in [5.41, 5.74) is 3.92. The van der Waals surface area contributed by atoms with E-state index in [0.717, 1.165) is 33.1 Å². The number of esters is 1. The van der Waals surface area contributed by atoms with Gasteiger partial charge in [-0.2, -0.15) is 0 Å². The van der Waals surface area contributed by atoms with E-state index in [4.69, 9.17) is 28.0 Å². The lowest BCUT2D eigenvalue weighted by atomic mass is 9.91. The summed E-state index contributed by atoms with van der Waals surface area (Å²) in [6.07, 6.45) is -0.917. The number of Topliss-reactive ketones (excluding diaryl/α,β-unsaturated/α-hetero) is 1. The fraction of sp³-hybridized carbons (Fsp3) is 0.170. The average Bonchev–Trinajstić information content (AvgIpc) is 4.25. The number of amides is 2. The second-order valence-corrected chi connectivity index (χ2v) is 17.8. The molecule has 6 aromatic carbocycles. The normalized spacial score (nSPS) is 17.3. The van der Waals surface area contributed by atoms with Gasteiger partial charge in [0.2, 0.25) is 5.60 Å². The number of H-pyrrole nitrogens is 1. The number of nitrogens with one attached hydrogen (secondary N) is 2. The third-order valence-electron chi connectivity index (χ3n) is 12.7. The van der Waals surface area contributed by atoms with Gasteiger partial charge in [-0.15, -0.1) is 0 Å². The van der Waals surface area contributed by atoms with Crippen LogP contribution in [-0.4, -0.2) is 67.0 Å². The van der Waals surface area contributed by atoms with E-state index in [2.05, 4.69) is 36.5 Å². The quantitative estimate of drug-likeness (QED) is 0.0787. The molecule has 2 N–H and O–H groups in total. The first kappa shape index (κ1) is 47.6. The first-order chi connectivity index (χ1) is 35.2. The number of carbonyl (C=O) groups excluding carboxylic acids is 4. The van der Waals surface area contributed by atoms with Gasteiger partial charge in [-0.05, 0) is 79.6 Å². The summed E-state index contributed by atoms with van der Waals surface area (Å²) in [7, 11) is 3.15. The van der Waals surface area contributed by atoms with Gasteiger partial charge in [0.1, 0.15) is 17.9 Å². The molecule has 0 spiro atoms. The molecule has 12 rings (SSSR count). The molecule has 73 heavy (non-hydrogen) atoms. The molecule has 19 nitrogen and oxygen atoms in total. The number of hydrogen-bond donors (Lipinski definition) is 2. The Hall–Kier alpha value is -9.04. The molecule has 10 aromatic rings. The number of aromatic nitrogens is 6. The van der Waals surface area contributed by atoms with Crippen LogP contribution in [0, 0.1) is 0 Å². The zero-order chi connectivity index (χ0) is 51.2. The van der Waals surface area contributed by atoms with Crippen LogP contribution < -0.4 is 26.2 Å². The first-order valence-electron chi connectivity index (χ1n) is 22.5. The van der Waals surface area contributed by atoms with Crippen LogP contribution in [0.15, 0.2) is 152 Å². The number of nitrogens with zero attached hydrogens (tertiary/aromatic N) is 5. The number of halogens is 1.